The molecule has 1 aromatic carbocycles. The minimum atomic E-state index is -0.578. The number of nitrogens with zero attached hydrogens (tertiary/aromatic N) is 1. The van der Waals surface area contributed by atoms with Crippen molar-refractivity contribution in [1.29, 1.82) is 0 Å². The molecule has 22 heavy (non-hydrogen) atoms. The number of benzene rings is 1. The minimum absolute atomic E-state index is 0. The fourth-order valence-electron chi connectivity index (χ4n) is 2.20. The molecule has 0 N–H and O–H groups in total. The summed E-state index contributed by atoms with van der Waals surface area (Å²) in [5.41, 5.74) is 2.80. The normalized spacial score (nSPS) is 19.5. The Morgan fingerprint density at radius 2 is 1.86 bits per heavy atom. The van der Waals surface area contributed by atoms with Crippen LogP contribution < -0.4 is 0 Å². The van der Waals surface area contributed by atoms with Crippen LogP contribution in [0.1, 0.15) is 37.0 Å². The van der Waals surface area contributed by atoms with E-state index in [4.69, 9.17) is 0 Å². The van der Waals surface area contributed by atoms with Gasteiger partial charge in [0.1, 0.15) is 0 Å². The van der Waals surface area contributed by atoms with E-state index in [0.29, 0.717) is 18.8 Å². The Morgan fingerprint density at radius 1 is 1.36 bits per heavy atom. The summed E-state index contributed by atoms with van der Waals surface area (Å²) >= 11 is 0. The van der Waals surface area contributed by atoms with Crippen LogP contribution in [0.4, 0.5) is 0 Å². The van der Waals surface area contributed by atoms with Crippen molar-refractivity contribution in [2.24, 2.45) is 11.3 Å². The maximum Gasteiger partial charge on any atom is 2.00 e. The van der Waals surface area contributed by atoms with Crippen LogP contribution in [0, 0.1) is 32.1 Å². The topological polar surface area (TPSA) is 31.2 Å². The van der Waals surface area contributed by atoms with E-state index in [0.717, 1.165) is 5.56 Å². The summed E-state index contributed by atoms with van der Waals surface area (Å²) in [4.78, 5) is 11.6. The summed E-state index contributed by atoms with van der Waals surface area (Å²) in [6, 6.07) is 6.04. The molecule has 2 rings (SSSR count). The Morgan fingerprint density at radius 3 is 2.32 bits per heavy atom. The second-order valence-electron chi connectivity index (χ2n) is 5.78. The zero-order chi connectivity index (χ0) is 15.3. The summed E-state index contributed by atoms with van der Waals surface area (Å²) in [5.74, 6) is 0.527. The molecule has 0 aromatic heterocycles. The molecule has 1 aliphatic carbocycles. The molecular formula is C18H25NOWY-2. The van der Waals surface area contributed by atoms with E-state index < -0.39 is 5.41 Å². The zero-order valence-electron chi connectivity index (χ0n) is 13.9. The Bertz CT molecular complexity index is 476. The van der Waals surface area contributed by atoms with Crippen LogP contribution in [0.3, 0.4) is 0 Å². The van der Waals surface area contributed by atoms with Crippen molar-refractivity contribution < 1.29 is 58.6 Å². The van der Waals surface area contributed by atoms with E-state index in [1.165, 1.54) is 24.6 Å². The summed E-state index contributed by atoms with van der Waals surface area (Å²) in [6.07, 6.45) is 2.57. The van der Waals surface area contributed by atoms with Crippen molar-refractivity contribution in [3.63, 3.8) is 0 Å². The van der Waals surface area contributed by atoms with Gasteiger partial charge in [0.05, 0.1) is 0 Å². The van der Waals surface area contributed by atoms with Crippen molar-refractivity contribution >= 4 is 5.91 Å². The molecule has 2 atom stereocenters. The molecule has 0 saturated carbocycles. The van der Waals surface area contributed by atoms with Gasteiger partial charge >= 0.3 is 21.1 Å². The van der Waals surface area contributed by atoms with Gasteiger partial charge in [-0.15, -0.1) is 24.1 Å². The van der Waals surface area contributed by atoms with E-state index in [2.05, 4.69) is 39.9 Å². The molecule has 0 fully saturated rings. The van der Waals surface area contributed by atoms with Gasteiger partial charge in [-0.25, -0.2) is 0 Å². The van der Waals surface area contributed by atoms with Crippen molar-refractivity contribution in [2.75, 3.05) is 7.05 Å². The number of hydrogen-bond donors (Lipinski definition) is 0. The van der Waals surface area contributed by atoms with Crippen molar-refractivity contribution in [2.45, 2.75) is 33.1 Å². The predicted molar refractivity (Wildman–Crippen MR) is 85.2 cm³/mol. The number of hydrogen-bond acceptors (Lipinski definition) is 1. The molecule has 0 aliphatic heterocycles. The van der Waals surface area contributed by atoms with E-state index >= 15 is 0 Å². The van der Waals surface area contributed by atoms with Gasteiger partial charge < -0.3 is 24.0 Å². The molecule has 119 valence electrons. The van der Waals surface area contributed by atoms with E-state index in [-0.39, 0.29) is 59.7 Å². The van der Waals surface area contributed by atoms with Gasteiger partial charge in [-0.05, 0) is 6.42 Å². The largest absolute Gasteiger partial charge is 2.00 e. The summed E-state index contributed by atoms with van der Waals surface area (Å²) in [5, 5.41) is 3.73. The molecule has 2 unspecified atom stereocenters. The molecule has 0 bridgehead atoms. The van der Waals surface area contributed by atoms with Gasteiger partial charge in [-0.2, -0.15) is 30.5 Å². The van der Waals surface area contributed by atoms with Crippen LogP contribution in [-0.2, 0) is 71.4 Å². The Labute approximate surface area is 175 Å². The quantitative estimate of drug-likeness (QED) is 0.515. The molecule has 2 nitrogen and oxygen atoms in total. The Kier molecular flexibility index (Phi) is 12.3. The van der Waals surface area contributed by atoms with E-state index in [1.807, 2.05) is 18.2 Å². The first-order valence-electron chi connectivity index (χ1n) is 7.09. The number of carbonyl (C=O) groups is 1. The molecule has 0 heterocycles. The molecule has 0 spiro atoms. The first-order valence-corrected chi connectivity index (χ1v) is 7.09. The Hall–Kier alpha value is 0.352. The minimum Gasteiger partial charge on any atom is -0.658 e. The maximum atomic E-state index is 11.6. The van der Waals surface area contributed by atoms with Gasteiger partial charge in [0.2, 0.25) is 0 Å². The van der Waals surface area contributed by atoms with E-state index in [1.54, 1.807) is 0 Å². The van der Waals surface area contributed by atoms with Gasteiger partial charge in [0.15, 0.2) is 0 Å². The van der Waals surface area contributed by atoms with Crippen LogP contribution in [-0.4, -0.2) is 13.0 Å². The smallest absolute Gasteiger partial charge is 0.658 e. The number of carbonyl (C=O) groups excluding carboxylic acids is 1. The molecule has 0 saturated heterocycles. The fourth-order valence-corrected chi connectivity index (χ4v) is 2.20. The fraction of sp³-hybridized carbons (Fsp3) is 0.444. The van der Waals surface area contributed by atoms with Crippen molar-refractivity contribution in [1.82, 2.24) is 0 Å². The molecule has 1 aromatic rings. The second-order valence-corrected chi connectivity index (χ2v) is 5.78. The third-order valence-electron chi connectivity index (χ3n) is 3.68. The average Bonchev–Trinajstić information content (AvgIpc) is 2.75. The third-order valence-corrected chi connectivity index (χ3v) is 3.68. The van der Waals surface area contributed by atoms with Gasteiger partial charge in [-0.1, -0.05) is 32.3 Å². The Balaban J connectivity index is 0. The number of rotatable bonds is 2. The maximum absolute atomic E-state index is 11.6. The van der Waals surface area contributed by atoms with Crippen molar-refractivity contribution in [3.05, 3.63) is 61.0 Å². The van der Waals surface area contributed by atoms with Gasteiger partial charge in [0.25, 0.3) is 0 Å². The molecule has 1 amide bonds. The summed E-state index contributed by atoms with van der Waals surface area (Å²) in [7, 11) is 1.53. The molecule has 1 aliphatic rings. The molecule has 4 heteroatoms. The van der Waals surface area contributed by atoms with Crippen LogP contribution in [0.2, 0.25) is 0 Å². The SMILES string of the molecule is [CH2-]C(C)CC.[CH2-]c1ccc2c(c1)CC([CH2-])(C(=O)[N-]C)C2.[W+2].[Y]. The zero-order valence-corrected chi connectivity index (χ0v) is 19.7. The van der Waals surface area contributed by atoms with E-state index in [9.17, 15) is 4.79 Å². The standard InChI is InChI=1S/C13H15NO.C5H11.W.Y/c1-9-4-5-10-7-13(2,12(15)14-3)8-11(10)6-9;1-4-5(2)3;;/h4-6H,1-2,7-8H2,3H3,(H,14,15);5H,2,4H2,1,3H3;;/q-2;-1;+2;/p-1. The summed E-state index contributed by atoms with van der Waals surface area (Å²) in [6.45, 7) is 15.9. The third kappa shape index (κ3) is 6.85. The predicted octanol–water partition coefficient (Wildman–Crippen LogP) is 4.18. The van der Waals surface area contributed by atoms with Gasteiger partial charge in [0, 0.05) is 38.6 Å². The first-order chi connectivity index (χ1) is 9.32. The average molecular weight is 544 g/mol. The monoisotopic (exact) mass is 544 g/mol. The summed E-state index contributed by atoms with van der Waals surface area (Å²) < 4.78 is 0. The number of fused-ring (bicyclic) bond motifs is 1. The van der Waals surface area contributed by atoms with Gasteiger partial charge in [-0.3, -0.25) is 0 Å². The van der Waals surface area contributed by atoms with Crippen LogP contribution in [0.15, 0.2) is 18.2 Å². The van der Waals surface area contributed by atoms with Crippen LogP contribution >= 0.6 is 0 Å². The molecular weight excluding hydrogens is 519 g/mol. The van der Waals surface area contributed by atoms with Crippen molar-refractivity contribution in [3.8, 4) is 0 Å². The van der Waals surface area contributed by atoms with Crippen LogP contribution in [0.5, 0.6) is 0 Å². The first kappa shape index (κ1) is 24.6. The van der Waals surface area contributed by atoms with Crippen LogP contribution in [0.25, 0.3) is 5.32 Å². The second kappa shape index (κ2) is 11.0. The molecule has 1 radical (unpaired) electrons. The number of amides is 1.